The first-order valence-electron chi connectivity index (χ1n) is 4.31. The molecule has 0 aromatic rings. The van der Waals surface area contributed by atoms with E-state index in [1.807, 2.05) is 0 Å². The van der Waals surface area contributed by atoms with Crippen LogP contribution in [0.3, 0.4) is 0 Å². The van der Waals surface area contributed by atoms with Gasteiger partial charge in [0.05, 0.1) is 0 Å². The molecule has 0 bridgehead atoms. The molecule has 2 rings (SSSR count). The van der Waals surface area contributed by atoms with Crippen molar-refractivity contribution in [2.45, 2.75) is 11.3 Å². The third-order valence-electron chi connectivity index (χ3n) is 2.35. The lowest BCUT2D eigenvalue weighted by molar-refractivity contribution is -0.115. The molecule has 0 fully saturated rings. The van der Waals surface area contributed by atoms with Gasteiger partial charge >= 0.3 is 0 Å². The van der Waals surface area contributed by atoms with Gasteiger partial charge < -0.3 is 5.32 Å². The smallest absolute Gasteiger partial charge is 0.275 e. The molecule has 0 amide bonds. The first-order valence-corrected chi connectivity index (χ1v) is 5.81. The van der Waals surface area contributed by atoms with Crippen molar-refractivity contribution in [2.24, 2.45) is 0 Å². The minimum Gasteiger partial charge on any atom is -0.378 e. The number of fused-ring (bicyclic) bond motifs is 1. The van der Waals surface area contributed by atoms with Crippen molar-refractivity contribution in [1.29, 1.82) is 0 Å². The zero-order chi connectivity index (χ0) is 11.1. The normalized spacial score (nSPS) is 29.4. The second-order valence-electron chi connectivity index (χ2n) is 3.32. The van der Waals surface area contributed by atoms with Crippen molar-refractivity contribution in [3.8, 4) is 0 Å². The molecular formula is C9H9NO4S. The summed E-state index contributed by atoms with van der Waals surface area (Å²) in [5.41, 5.74) is 0.354. The molecule has 6 heteroatoms. The van der Waals surface area contributed by atoms with Gasteiger partial charge in [0.2, 0.25) is 0 Å². The molecule has 0 aromatic carbocycles. The maximum atomic E-state index is 11.4. The molecule has 80 valence electrons. The fraction of sp³-hybridized carbons (Fsp3) is 0.222. The van der Waals surface area contributed by atoms with Crippen molar-refractivity contribution < 1.29 is 17.8 Å². The van der Waals surface area contributed by atoms with Crippen LogP contribution < -0.4 is 5.32 Å². The van der Waals surface area contributed by atoms with Crippen LogP contribution in [0.15, 0.2) is 36.1 Å². The highest BCUT2D eigenvalue weighted by atomic mass is 32.2. The van der Waals surface area contributed by atoms with Crippen LogP contribution >= 0.6 is 0 Å². The highest BCUT2D eigenvalue weighted by Gasteiger charge is 2.36. The molecule has 2 N–H and O–H groups in total. The Labute approximate surface area is 86.9 Å². The van der Waals surface area contributed by atoms with E-state index in [2.05, 4.69) is 5.32 Å². The van der Waals surface area contributed by atoms with Gasteiger partial charge in [0, 0.05) is 0 Å². The van der Waals surface area contributed by atoms with Gasteiger partial charge in [0.1, 0.15) is 11.3 Å². The largest absolute Gasteiger partial charge is 0.378 e. The van der Waals surface area contributed by atoms with Gasteiger partial charge in [0.25, 0.3) is 10.1 Å². The molecule has 5 nitrogen and oxygen atoms in total. The molecule has 0 spiro atoms. The van der Waals surface area contributed by atoms with E-state index in [-0.39, 0.29) is 5.78 Å². The van der Waals surface area contributed by atoms with Gasteiger partial charge in [-0.05, 0) is 23.9 Å². The topological polar surface area (TPSA) is 83.5 Å². The summed E-state index contributed by atoms with van der Waals surface area (Å²) in [6.07, 6.45) is 7.05. The van der Waals surface area contributed by atoms with E-state index in [9.17, 15) is 13.2 Å². The predicted molar refractivity (Wildman–Crippen MR) is 53.6 cm³/mol. The number of rotatable bonds is 1. The Morgan fingerprint density at radius 2 is 2.13 bits per heavy atom. The predicted octanol–water partition coefficient (Wildman–Crippen LogP) is -0.206. The molecular weight excluding hydrogens is 218 g/mol. The molecule has 2 atom stereocenters. The van der Waals surface area contributed by atoms with Gasteiger partial charge in [0.15, 0.2) is 5.78 Å². The number of carbonyl (C=O) groups is 1. The molecule has 1 heterocycles. The number of hydrogen-bond acceptors (Lipinski definition) is 4. The number of dihydropyridines is 1. The molecule has 0 aromatic heterocycles. The summed E-state index contributed by atoms with van der Waals surface area (Å²) in [6.45, 7) is 0. The standard InChI is InChI=1S/C9H9NO4S/c11-7-3-4-8(15(12,13)14)6-2-1-5-10-9(6)7/h1-5,8-10H,(H,12,13,14). The van der Waals surface area contributed by atoms with Gasteiger partial charge in [-0.15, -0.1) is 0 Å². The summed E-state index contributed by atoms with van der Waals surface area (Å²) in [4.78, 5) is 11.4. The van der Waals surface area contributed by atoms with E-state index < -0.39 is 21.4 Å². The number of nitrogens with one attached hydrogen (secondary N) is 1. The SMILES string of the molecule is O=C1C=CC(S(=O)(=O)O)C2=CC=CNC12. The first kappa shape index (κ1) is 10.1. The summed E-state index contributed by atoms with van der Waals surface area (Å²) >= 11 is 0. The molecule has 0 radical (unpaired) electrons. The summed E-state index contributed by atoms with van der Waals surface area (Å²) in [7, 11) is -4.20. The Balaban J connectivity index is 2.51. The first-order chi connectivity index (χ1) is 7.00. The minimum atomic E-state index is -4.20. The number of hydrogen-bond donors (Lipinski definition) is 2. The van der Waals surface area contributed by atoms with Crippen molar-refractivity contribution in [1.82, 2.24) is 5.32 Å². The van der Waals surface area contributed by atoms with E-state index in [1.54, 1.807) is 12.3 Å². The van der Waals surface area contributed by atoms with Crippen LogP contribution in [0.2, 0.25) is 0 Å². The van der Waals surface area contributed by atoms with Crippen LogP contribution in [0.5, 0.6) is 0 Å². The van der Waals surface area contributed by atoms with Crippen LogP contribution in [0, 0.1) is 0 Å². The van der Waals surface area contributed by atoms with Crippen LogP contribution in [-0.4, -0.2) is 30.0 Å². The Morgan fingerprint density at radius 1 is 1.40 bits per heavy atom. The Kier molecular flexibility index (Phi) is 2.24. The highest BCUT2D eigenvalue weighted by molar-refractivity contribution is 7.86. The van der Waals surface area contributed by atoms with Gasteiger partial charge in [-0.25, -0.2) is 0 Å². The maximum Gasteiger partial charge on any atom is 0.275 e. The van der Waals surface area contributed by atoms with Crippen LogP contribution in [-0.2, 0) is 14.9 Å². The van der Waals surface area contributed by atoms with E-state index in [0.717, 1.165) is 0 Å². The average Bonchev–Trinajstić information content (AvgIpc) is 2.17. The second-order valence-corrected chi connectivity index (χ2v) is 4.86. The monoisotopic (exact) mass is 227 g/mol. The van der Waals surface area contributed by atoms with Crippen LogP contribution in [0.4, 0.5) is 0 Å². The highest BCUT2D eigenvalue weighted by Crippen LogP contribution is 2.24. The molecule has 2 unspecified atom stereocenters. The molecule has 1 aliphatic heterocycles. The summed E-state index contributed by atoms with van der Waals surface area (Å²) in [6, 6.07) is -0.674. The van der Waals surface area contributed by atoms with E-state index in [4.69, 9.17) is 4.55 Å². The Morgan fingerprint density at radius 3 is 2.80 bits per heavy atom. The quantitative estimate of drug-likeness (QED) is 0.606. The number of ketones is 1. The summed E-state index contributed by atoms with van der Waals surface area (Å²) in [5.74, 6) is -0.217. The molecule has 0 saturated heterocycles. The number of allylic oxidation sites excluding steroid dienone is 2. The molecule has 15 heavy (non-hydrogen) atoms. The van der Waals surface area contributed by atoms with Crippen LogP contribution in [0.25, 0.3) is 0 Å². The Hall–Kier alpha value is -1.40. The summed E-state index contributed by atoms with van der Waals surface area (Å²) < 4.78 is 31.1. The third kappa shape index (κ3) is 1.73. The molecule has 0 saturated carbocycles. The van der Waals surface area contributed by atoms with Crippen molar-refractivity contribution >= 4 is 15.9 Å². The third-order valence-corrected chi connectivity index (χ3v) is 3.42. The maximum absolute atomic E-state index is 11.4. The van der Waals surface area contributed by atoms with E-state index >= 15 is 0 Å². The summed E-state index contributed by atoms with van der Waals surface area (Å²) in [5, 5.41) is 1.62. The average molecular weight is 227 g/mol. The Bertz CT molecular complexity index is 486. The van der Waals surface area contributed by atoms with Crippen molar-refractivity contribution in [3.05, 3.63) is 36.1 Å². The van der Waals surface area contributed by atoms with Gasteiger partial charge in [-0.3, -0.25) is 9.35 Å². The lowest BCUT2D eigenvalue weighted by atomic mass is 9.92. The van der Waals surface area contributed by atoms with Gasteiger partial charge in [-0.2, -0.15) is 8.42 Å². The van der Waals surface area contributed by atoms with Crippen molar-refractivity contribution in [2.75, 3.05) is 0 Å². The van der Waals surface area contributed by atoms with Crippen LogP contribution in [0.1, 0.15) is 0 Å². The zero-order valence-electron chi connectivity index (χ0n) is 7.62. The second kappa shape index (κ2) is 3.32. The number of carbonyl (C=O) groups excluding carboxylic acids is 1. The lowest BCUT2D eigenvalue weighted by Gasteiger charge is -2.27. The molecule has 1 aliphatic carbocycles. The van der Waals surface area contributed by atoms with Crippen molar-refractivity contribution in [3.63, 3.8) is 0 Å². The minimum absolute atomic E-state index is 0.217. The molecule has 2 aliphatic rings. The fourth-order valence-electron chi connectivity index (χ4n) is 1.67. The van der Waals surface area contributed by atoms with E-state index in [0.29, 0.717) is 5.57 Å². The lowest BCUT2D eigenvalue weighted by Crippen LogP contribution is -2.44. The fourth-order valence-corrected chi connectivity index (χ4v) is 2.51. The zero-order valence-corrected chi connectivity index (χ0v) is 8.44. The van der Waals surface area contributed by atoms with Gasteiger partial charge in [-0.1, -0.05) is 12.2 Å². The van der Waals surface area contributed by atoms with E-state index in [1.165, 1.54) is 18.2 Å².